The Morgan fingerprint density at radius 1 is 1.11 bits per heavy atom. The van der Waals surface area contributed by atoms with Crippen molar-refractivity contribution in [3.05, 3.63) is 55.9 Å². The number of ketones is 1. The molecule has 5 heteroatoms. The van der Waals surface area contributed by atoms with Crippen molar-refractivity contribution in [2.75, 3.05) is 0 Å². The van der Waals surface area contributed by atoms with Gasteiger partial charge in [-0.05, 0) is 85.7 Å². The zero-order valence-corrected chi connectivity index (χ0v) is 17.7. The maximum absolute atomic E-state index is 13.1. The van der Waals surface area contributed by atoms with Crippen LogP contribution in [-0.4, -0.2) is 17.9 Å². The van der Waals surface area contributed by atoms with Crippen molar-refractivity contribution in [2.24, 2.45) is 0 Å². The molecule has 0 spiro atoms. The van der Waals surface area contributed by atoms with Gasteiger partial charge in [0.1, 0.15) is 6.10 Å². The molecular weight excluding hydrogens is 453 g/mol. The average Bonchev–Trinajstić information content (AvgIpc) is 3.14. The van der Waals surface area contributed by atoms with E-state index in [4.69, 9.17) is 4.74 Å². The minimum Gasteiger partial charge on any atom is -0.459 e. The minimum absolute atomic E-state index is 0.00704. The van der Waals surface area contributed by atoms with Crippen LogP contribution in [0.1, 0.15) is 63.4 Å². The number of hydrogen-bond acceptors (Lipinski definition) is 4. The summed E-state index contributed by atoms with van der Waals surface area (Å²) in [4.78, 5) is 26.0. The number of esters is 1. The number of benzene rings is 1. The summed E-state index contributed by atoms with van der Waals surface area (Å²) in [5, 5.41) is 3.35. The number of ether oxygens (including phenoxy) is 1. The minimum atomic E-state index is -0.333. The molecule has 4 nitrogen and oxygen atoms in total. The molecule has 0 unspecified atom stereocenters. The first kappa shape index (κ1) is 18.7. The van der Waals surface area contributed by atoms with E-state index in [2.05, 4.69) is 27.9 Å². The predicted octanol–water partition coefficient (Wildman–Crippen LogP) is 4.74. The van der Waals surface area contributed by atoms with Gasteiger partial charge in [0.15, 0.2) is 5.78 Å². The second-order valence-electron chi connectivity index (χ2n) is 7.63. The van der Waals surface area contributed by atoms with Gasteiger partial charge in [0.2, 0.25) is 0 Å². The van der Waals surface area contributed by atoms with E-state index in [1.54, 1.807) is 0 Å². The summed E-state index contributed by atoms with van der Waals surface area (Å²) < 4.78 is 6.97. The molecule has 0 amide bonds. The van der Waals surface area contributed by atoms with E-state index in [-0.39, 0.29) is 23.8 Å². The van der Waals surface area contributed by atoms with Crippen LogP contribution in [0.5, 0.6) is 0 Å². The summed E-state index contributed by atoms with van der Waals surface area (Å²) in [5.74, 6) is -0.466. The lowest BCUT2D eigenvalue weighted by atomic mass is 9.75. The topological polar surface area (TPSA) is 55.4 Å². The van der Waals surface area contributed by atoms with Crippen LogP contribution in [0.25, 0.3) is 0 Å². The highest BCUT2D eigenvalue weighted by atomic mass is 127. The van der Waals surface area contributed by atoms with Crippen LogP contribution < -0.4 is 5.32 Å². The highest BCUT2D eigenvalue weighted by Crippen LogP contribution is 2.43. The summed E-state index contributed by atoms with van der Waals surface area (Å²) >= 11 is 2.27. The van der Waals surface area contributed by atoms with Crippen LogP contribution >= 0.6 is 22.6 Å². The molecule has 0 radical (unpaired) electrons. The Bertz CT molecular complexity index is 832. The number of carbonyl (C=O) groups excluding carboxylic acids is 2. The highest BCUT2D eigenvalue weighted by molar-refractivity contribution is 14.1. The summed E-state index contributed by atoms with van der Waals surface area (Å²) in [6.07, 6.45) is 6.37. The van der Waals surface area contributed by atoms with Crippen molar-refractivity contribution in [2.45, 2.75) is 63.9 Å². The first-order valence-electron chi connectivity index (χ1n) is 9.75. The van der Waals surface area contributed by atoms with E-state index in [9.17, 15) is 9.59 Å². The Morgan fingerprint density at radius 2 is 1.81 bits per heavy atom. The zero-order chi connectivity index (χ0) is 19.0. The first-order valence-corrected chi connectivity index (χ1v) is 10.8. The molecule has 3 aliphatic rings. The third kappa shape index (κ3) is 3.71. The van der Waals surface area contributed by atoms with Crippen molar-refractivity contribution in [3.8, 4) is 0 Å². The molecule has 2 aliphatic carbocycles. The predicted molar refractivity (Wildman–Crippen MR) is 112 cm³/mol. The normalized spacial score (nSPS) is 23.3. The number of nitrogens with one attached hydrogen (secondary N) is 1. The number of dihydropyridines is 1. The zero-order valence-electron chi connectivity index (χ0n) is 15.5. The lowest BCUT2D eigenvalue weighted by Gasteiger charge is -2.34. The average molecular weight is 477 g/mol. The van der Waals surface area contributed by atoms with E-state index < -0.39 is 0 Å². The molecule has 1 N–H and O–H groups in total. The lowest BCUT2D eigenvalue weighted by Crippen LogP contribution is -2.35. The van der Waals surface area contributed by atoms with Crippen LogP contribution in [0.3, 0.4) is 0 Å². The number of rotatable bonds is 3. The van der Waals surface area contributed by atoms with Gasteiger partial charge in [-0.2, -0.15) is 0 Å². The molecular formula is C22H24INO3. The Morgan fingerprint density at radius 3 is 2.52 bits per heavy atom. The van der Waals surface area contributed by atoms with E-state index >= 15 is 0 Å². The molecule has 1 aliphatic heterocycles. The molecule has 4 rings (SSSR count). The molecule has 1 atom stereocenters. The van der Waals surface area contributed by atoms with Gasteiger partial charge in [-0.1, -0.05) is 12.1 Å². The van der Waals surface area contributed by atoms with Crippen molar-refractivity contribution in [3.63, 3.8) is 0 Å². The van der Waals surface area contributed by atoms with Gasteiger partial charge in [0.05, 0.1) is 5.57 Å². The molecule has 27 heavy (non-hydrogen) atoms. The second kappa shape index (κ2) is 7.78. The van der Waals surface area contributed by atoms with E-state index in [0.29, 0.717) is 12.0 Å². The maximum Gasteiger partial charge on any atom is 0.337 e. The molecule has 0 aromatic heterocycles. The quantitative estimate of drug-likeness (QED) is 0.505. The number of halogens is 1. The van der Waals surface area contributed by atoms with Gasteiger partial charge < -0.3 is 10.1 Å². The van der Waals surface area contributed by atoms with Crippen molar-refractivity contribution in [1.82, 2.24) is 5.32 Å². The Balaban J connectivity index is 1.75. The SMILES string of the molecule is CC1=C(C(=O)OC2CCCC2)[C@@H](c2ccc(I)cc2)C2=C(CCCC2=O)N1. The van der Waals surface area contributed by atoms with E-state index in [1.807, 2.05) is 31.2 Å². The van der Waals surface area contributed by atoms with Gasteiger partial charge in [-0.3, -0.25) is 4.79 Å². The standard InChI is InChI=1S/C22H24INO3/c1-13-19(22(26)27-16-5-2-3-6-16)20(14-9-11-15(23)12-10-14)21-17(24-13)7-4-8-18(21)25/h9-12,16,20,24H,2-8H2,1H3/t20-/m1/s1. The van der Waals surface area contributed by atoms with Crippen LogP contribution in [0.15, 0.2) is 46.8 Å². The van der Waals surface area contributed by atoms with Gasteiger partial charge >= 0.3 is 5.97 Å². The number of carbonyl (C=O) groups is 2. The Kier molecular flexibility index (Phi) is 5.39. The first-order chi connectivity index (χ1) is 13.0. The Hall–Kier alpha value is -1.63. The van der Waals surface area contributed by atoms with Gasteiger partial charge in [-0.15, -0.1) is 0 Å². The van der Waals surface area contributed by atoms with Gasteiger partial charge in [0, 0.05) is 32.9 Å². The number of allylic oxidation sites excluding steroid dienone is 3. The number of Topliss-reactive ketones (excluding diaryl/α,β-unsaturated/α-hetero) is 1. The van der Waals surface area contributed by atoms with Crippen molar-refractivity contribution >= 4 is 34.3 Å². The second-order valence-corrected chi connectivity index (χ2v) is 8.87. The molecule has 0 bridgehead atoms. The number of hydrogen-bond donors (Lipinski definition) is 1. The van der Waals surface area contributed by atoms with Gasteiger partial charge in [-0.25, -0.2) is 4.79 Å². The van der Waals surface area contributed by atoms with Crippen LogP contribution in [0.4, 0.5) is 0 Å². The fraction of sp³-hybridized carbons (Fsp3) is 0.455. The highest BCUT2D eigenvalue weighted by Gasteiger charge is 2.39. The summed E-state index contributed by atoms with van der Waals surface area (Å²) in [6.45, 7) is 1.92. The van der Waals surface area contributed by atoms with Crippen LogP contribution in [-0.2, 0) is 14.3 Å². The summed E-state index contributed by atoms with van der Waals surface area (Å²) in [5.41, 5.74) is 4.13. The third-order valence-electron chi connectivity index (χ3n) is 5.78. The monoisotopic (exact) mass is 477 g/mol. The largest absolute Gasteiger partial charge is 0.459 e. The fourth-order valence-electron chi connectivity index (χ4n) is 4.46. The smallest absolute Gasteiger partial charge is 0.337 e. The summed E-state index contributed by atoms with van der Waals surface area (Å²) in [7, 11) is 0. The Labute approximate surface area is 173 Å². The molecule has 0 saturated heterocycles. The molecule has 1 fully saturated rings. The molecule has 1 aromatic rings. The van der Waals surface area contributed by atoms with Crippen molar-refractivity contribution < 1.29 is 14.3 Å². The van der Waals surface area contributed by atoms with E-state index in [0.717, 1.165) is 64.6 Å². The van der Waals surface area contributed by atoms with E-state index in [1.165, 1.54) is 0 Å². The molecule has 142 valence electrons. The van der Waals surface area contributed by atoms with Crippen LogP contribution in [0.2, 0.25) is 0 Å². The maximum atomic E-state index is 13.1. The molecule has 1 heterocycles. The van der Waals surface area contributed by atoms with Crippen molar-refractivity contribution in [1.29, 1.82) is 0 Å². The molecule has 1 aromatic carbocycles. The van der Waals surface area contributed by atoms with Gasteiger partial charge in [0.25, 0.3) is 0 Å². The van der Waals surface area contributed by atoms with Crippen LogP contribution in [0, 0.1) is 3.57 Å². The molecule has 1 saturated carbocycles. The fourth-order valence-corrected chi connectivity index (χ4v) is 4.82. The lowest BCUT2D eigenvalue weighted by molar-refractivity contribution is -0.144. The third-order valence-corrected chi connectivity index (χ3v) is 6.49. The summed E-state index contributed by atoms with van der Waals surface area (Å²) in [6, 6.07) is 8.11.